The third-order valence-corrected chi connectivity index (χ3v) is 5.38. The molecule has 0 unspecified atom stereocenters. The minimum Gasteiger partial charge on any atom is -0.315 e. The first-order chi connectivity index (χ1) is 8.88. The fourth-order valence-electron chi connectivity index (χ4n) is 1.51. The van der Waals surface area contributed by atoms with Crippen molar-refractivity contribution in [3.63, 3.8) is 0 Å². The van der Waals surface area contributed by atoms with Gasteiger partial charge in [0.2, 0.25) is 0 Å². The Morgan fingerprint density at radius 1 is 1.53 bits per heavy atom. The maximum Gasteiger partial charge on any atom is 0.305 e. The van der Waals surface area contributed by atoms with E-state index in [9.17, 15) is 13.2 Å². The molecule has 0 saturated heterocycles. The summed E-state index contributed by atoms with van der Waals surface area (Å²) in [7, 11) is -1.92. The fraction of sp³-hybridized carbons (Fsp3) is 0.444. The number of hydrogen-bond acceptors (Lipinski definition) is 6. The molecule has 2 N–H and O–H groups in total. The smallest absolute Gasteiger partial charge is 0.305 e. The van der Waals surface area contributed by atoms with Gasteiger partial charge in [-0.15, -0.1) is 0 Å². The lowest BCUT2D eigenvalue weighted by atomic mass is 10.4. The van der Waals surface area contributed by atoms with Crippen molar-refractivity contribution < 1.29 is 8.42 Å². The first-order valence-corrected chi connectivity index (χ1v) is 7.72. The molecule has 0 aliphatic rings. The number of H-pyrrole nitrogens is 1. The van der Waals surface area contributed by atoms with Gasteiger partial charge in [0.1, 0.15) is 6.33 Å². The molecule has 0 aliphatic carbocycles. The molecular weight excluding hydrogens is 290 g/mol. The van der Waals surface area contributed by atoms with Gasteiger partial charge in [-0.1, -0.05) is 11.3 Å². The predicted molar refractivity (Wildman–Crippen MR) is 69.6 cm³/mol. The van der Waals surface area contributed by atoms with Crippen LogP contribution in [0.15, 0.2) is 15.3 Å². The lowest BCUT2D eigenvalue weighted by molar-refractivity contribution is 0.582. The van der Waals surface area contributed by atoms with Crippen molar-refractivity contribution in [3.05, 3.63) is 27.5 Å². The van der Waals surface area contributed by atoms with Crippen LogP contribution in [0.2, 0.25) is 0 Å². The molecule has 8 nitrogen and oxygen atoms in total. The van der Waals surface area contributed by atoms with Crippen LogP contribution in [0.4, 0.5) is 0 Å². The summed E-state index contributed by atoms with van der Waals surface area (Å²) in [5.74, 6) is 0.559. The van der Waals surface area contributed by atoms with E-state index in [1.807, 2.05) is 0 Å². The van der Waals surface area contributed by atoms with E-state index in [-0.39, 0.29) is 15.6 Å². The Bertz CT molecular complexity index is 727. The van der Waals surface area contributed by atoms with Gasteiger partial charge in [-0.3, -0.25) is 9.48 Å². The standard InChI is InChI=1S/C9H13N5O3S2/c1-6-8(18-9(15)12-6)19(16,17)11-4-3-7-10-5-14(2)13-7/h5,11H,3-4H2,1-2H3,(H,12,15). The molecule has 0 saturated carbocycles. The van der Waals surface area contributed by atoms with E-state index in [1.54, 1.807) is 25.0 Å². The van der Waals surface area contributed by atoms with Crippen molar-refractivity contribution in [1.29, 1.82) is 0 Å². The van der Waals surface area contributed by atoms with E-state index in [4.69, 9.17) is 0 Å². The molecule has 0 amide bonds. The largest absolute Gasteiger partial charge is 0.315 e. The van der Waals surface area contributed by atoms with E-state index in [2.05, 4.69) is 19.8 Å². The lowest BCUT2D eigenvalue weighted by Gasteiger charge is -2.03. The molecule has 0 bridgehead atoms. The minimum atomic E-state index is -3.66. The van der Waals surface area contributed by atoms with Gasteiger partial charge in [-0.25, -0.2) is 18.1 Å². The third-order valence-electron chi connectivity index (χ3n) is 2.31. The predicted octanol–water partition coefficient (Wildman–Crippen LogP) is -0.606. The summed E-state index contributed by atoms with van der Waals surface area (Å²) >= 11 is 0.675. The van der Waals surface area contributed by atoms with Gasteiger partial charge in [0.25, 0.3) is 10.0 Å². The van der Waals surface area contributed by atoms with Gasteiger partial charge in [-0.05, 0) is 6.92 Å². The van der Waals surface area contributed by atoms with Crippen LogP contribution in [0.5, 0.6) is 0 Å². The van der Waals surface area contributed by atoms with E-state index >= 15 is 0 Å². The highest BCUT2D eigenvalue weighted by Gasteiger charge is 2.20. The molecule has 0 spiro atoms. The van der Waals surface area contributed by atoms with Crippen LogP contribution in [0.25, 0.3) is 0 Å². The third kappa shape index (κ3) is 3.28. The Morgan fingerprint density at radius 2 is 2.26 bits per heavy atom. The Kier molecular flexibility index (Phi) is 3.83. The average molecular weight is 303 g/mol. The second-order valence-corrected chi connectivity index (χ2v) is 6.85. The molecule has 2 aromatic heterocycles. The number of rotatable bonds is 5. The lowest BCUT2D eigenvalue weighted by Crippen LogP contribution is -2.26. The van der Waals surface area contributed by atoms with Gasteiger partial charge in [0.15, 0.2) is 10.0 Å². The molecular formula is C9H13N5O3S2. The second-order valence-electron chi connectivity index (χ2n) is 3.91. The number of thiazole rings is 1. The number of aromatic amines is 1. The van der Waals surface area contributed by atoms with Gasteiger partial charge in [-0.2, -0.15) is 5.10 Å². The normalized spacial score (nSPS) is 11.9. The molecule has 2 heterocycles. The van der Waals surface area contributed by atoms with Crippen LogP contribution in [0.1, 0.15) is 11.5 Å². The van der Waals surface area contributed by atoms with Crippen LogP contribution in [0, 0.1) is 6.92 Å². The van der Waals surface area contributed by atoms with Crippen LogP contribution in [0.3, 0.4) is 0 Å². The highest BCUT2D eigenvalue weighted by atomic mass is 32.2. The monoisotopic (exact) mass is 303 g/mol. The van der Waals surface area contributed by atoms with Gasteiger partial charge < -0.3 is 4.98 Å². The fourth-order valence-corrected chi connectivity index (χ4v) is 3.88. The van der Waals surface area contributed by atoms with E-state index in [0.29, 0.717) is 29.3 Å². The van der Waals surface area contributed by atoms with E-state index in [0.717, 1.165) is 0 Å². The van der Waals surface area contributed by atoms with Crippen molar-refractivity contribution in [2.24, 2.45) is 7.05 Å². The summed E-state index contributed by atoms with van der Waals surface area (Å²) in [6.45, 7) is 1.73. The van der Waals surface area contributed by atoms with Gasteiger partial charge in [0.05, 0.1) is 0 Å². The minimum absolute atomic E-state index is 0.0199. The van der Waals surface area contributed by atoms with E-state index in [1.165, 1.54) is 0 Å². The quantitative estimate of drug-likeness (QED) is 0.766. The number of nitrogens with zero attached hydrogens (tertiary/aromatic N) is 3. The number of hydrogen-bond donors (Lipinski definition) is 2. The number of nitrogens with one attached hydrogen (secondary N) is 2. The molecule has 2 aromatic rings. The summed E-state index contributed by atoms with van der Waals surface area (Å²) in [5.41, 5.74) is 0.346. The molecule has 10 heteroatoms. The average Bonchev–Trinajstić information content (AvgIpc) is 2.85. The van der Waals surface area contributed by atoms with Crippen LogP contribution in [-0.4, -0.2) is 34.7 Å². The highest BCUT2D eigenvalue weighted by Crippen LogP contribution is 2.15. The molecule has 0 aromatic carbocycles. The summed E-state index contributed by atoms with van der Waals surface area (Å²) < 4.78 is 27.9. The first-order valence-electron chi connectivity index (χ1n) is 5.42. The van der Waals surface area contributed by atoms with Gasteiger partial charge >= 0.3 is 4.87 Å². The van der Waals surface area contributed by atoms with Crippen molar-refractivity contribution in [2.45, 2.75) is 17.6 Å². The maximum absolute atomic E-state index is 12.0. The molecule has 19 heavy (non-hydrogen) atoms. The number of aryl methyl sites for hydroxylation is 2. The zero-order valence-electron chi connectivity index (χ0n) is 10.4. The Labute approximate surface area is 113 Å². The van der Waals surface area contributed by atoms with Crippen LogP contribution >= 0.6 is 11.3 Å². The zero-order chi connectivity index (χ0) is 14.0. The Morgan fingerprint density at radius 3 is 2.79 bits per heavy atom. The maximum atomic E-state index is 12.0. The topological polar surface area (TPSA) is 110 Å². The number of aromatic nitrogens is 4. The van der Waals surface area contributed by atoms with Gasteiger partial charge in [0, 0.05) is 25.7 Å². The SMILES string of the molecule is Cc1[nH]c(=O)sc1S(=O)(=O)NCCc1ncn(C)n1. The summed E-state index contributed by atoms with van der Waals surface area (Å²) in [5, 5.41) is 4.04. The highest BCUT2D eigenvalue weighted by molar-refractivity contribution is 7.91. The molecule has 2 rings (SSSR count). The van der Waals surface area contributed by atoms with Crippen molar-refractivity contribution in [2.75, 3.05) is 6.54 Å². The molecule has 0 atom stereocenters. The molecule has 0 aliphatic heterocycles. The molecule has 104 valence electrons. The Balaban J connectivity index is 2.02. The molecule has 0 fully saturated rings. The summed E-state index contributed by atoms with van der Waals surface area (Å²) in [6, 6.07) is 0. The second kappa shape index (κ2) is 5.23. The van der Waals surface area contributed by atoms with Crippen LogP contribution < -0.4 is 9.60 Å². The summed E-state index contributed by atoms with van der Waals surface area (Å²) in [6.07, 6.45) is 1.93. The van der Waals surface area contributed by atoms with E-state index < -0.39 is 10.0 Å². The van der Waals surface area contributed by atoms with Crippen LogP contribution in [-0.2, 0) is 23.5 Å². The van der Waals surface area contributed by atoms with Crippen molar-refractivity contribution in [1.82, 2.24) is 24.5 Å². The van der Waals surface area contributed by atoms with Crippen molar-refractivity contribution >= 4 is 21.4 Å². The first kappa shape index (κ1) is 13.9. The number of sulfonamides is 1. The molecule has 0 radical (unpaired) electrons. The zero-order valence-corrected chi connectivity index (χ0v) is 12.0. The van der Waals surface area contributed by atoms with Crippen molar-refractivity contribution in [3.8, 4) is 0 Å². The Hall–Kier alpha value is -1.52. The summed E-state index contributed by atoms with van der Waals surface area (Å²) in [4.78, 5) is 17.2.